The Labute approximate surface area is 153 Å². The zero-order valence-electron chi connectivity index (χ0n) is 13.4. The molecule has 7 nitrogen and oxygen atoms in total. The molecule has 9 heteroatoms. The fourth-order valence-electron chi connectivity index (χ4n) is 2.08. The first-order chi connectivity index (χ1) is 12.1. The van der Waals surface area contributed by atoms with Crippen LogP contribution in [0.2, 0.25) is 5.02 Å². The summed E-state index contributed by atoms with van der Waals surface area (Å²) in [6, 6.07) is 11.0. The summed E-state index contributed by atoms with van der Waals surface area (Å²) in [5.74, 6) is 0.654. The van der Waals surface area contributed by atoms with E-state index >= 15 is 0 Å². The highest BCUT2D eigenvalue weighted by molar-refractivity contribution is 8.00. The summed E-state index contributed by atoms with van der Waals surface area (Å²) in [5.41, 5.74) is 0.984. The van der Waals surface area contributed by atoms with Crippen LogP contribution in [0.5, 0.6) is 0 Å². The molecule has 3 aromatic rings. The lowest BCUT2D eigenvalue weighted by Gasteiger charge is -2.11. The van der Waals surface area contributed by atoms with Gasteiger partial charge in [0.25, 0.3) is 0 Å². The van der Waals surface area contributed by atoms with Crippen LogP contribution in [0.3, 0.4) is 0 Å². The fourth-order valence-corrected chi connectivity index (χ4v) is 3.02. The fraction of sp³-hybridized carbons (Fsp3) is 0.250. The Balaban J connectivity index is 1.54. The van der Waals surface area contributed by atoms with Crippen LogP contribution in [0.1, 0.15) is 18.2 Å². The highest BCUT2D eigenvalue weighted by Gasteiger charge is 2.18. The van der Waals surface area contributed by atoms with Crippen LogP contribution in [-0.2, 0) is 17.9 Å². The molecule has 1 aromatic carbocycles. The molecular weight excluding hydrogens is 362 g/mol. The molecule has 1 atom stereocenters. The summed E-state index contributed by atoms with van der Waals surface area (Å²) in [5, 5.41) is 15.4. The lowest BCUT2D eigenvalue weighted by atomic mass is 10.2. The van der Waals surface area contributed by atoms with E-state index in [1.54, 1.807) is 29.1 Å². The highest BCUT2D eigenvalue weighted by Crippen LogP contribution is 2.21. The van der Waals surface area contributed by atoms with E-state index in [4.69, 9.17) is 16.0 Å². The van der Waals surface area contributed by atoms with Crippen molar-refractivity contribution in [2.45, 2.75) is 30.4 Å². The topological polar surface area (TPSA) is 85.8 Å². The first kappa shape index (κ1) is 17.5. The van der Waals surface area contributed by atoms with Gasteiger partial charge < -0.3 is 9.73 Å². The molecule has 0 spiro atoms. The SMILES string of the molecule is CC(Sc1nnnn1Cc1ccco1)C(=O)NCc1ccc(Cl)cc1. The molecule has 1 N–H and O–H groups in total. The average molecular weight is 378 g/mol. The van der Waals surface area contributed by atoms with Gasteiger partial charge in [0.05, 0.1) is 11.5 Å². The van der Waals surface area contributed by atoms with Gasteiger partial charge in [-0.05, 0) is 47.2 Å². The van der Waals surface area contributed by atoms with E-state index in [-0.39, 0.29) is 11.2 Å². The number of hydrogen-bond acceptors (Lipinski definition) is 6. The Morgan fingerprint density at radius 1 is 1.36 bits per heavy atom. The summed E-state index contributed by atoms with van der Waals surface area (Å²) in [6.07, 6.45) is 1.60. The third-order valence-corrected chi connectivity index (χ3v) is 4.74. The Kier molecular flexibility index (Phi) is 5.72. The number of carbonyl (C=O) groups is 1. The van der Waals surface area contributed by atoms with E-state index in [1.165, 1.54) is 11.8 Å². The number of rotatable bonds is 7. The van der Waals surface area contributed by atoms with Crippen LogP contribution in [0, 0.1) is 0 Å². The number of hydrogen-bond donors (Lipinski definition) is 1. The Hall–Kier alpha value is -2.32. The van der Waals surface area contributed by atoms with Crippen molar-refractivity contribution >= 4 is 29.3 Å². The molecule has 0 aliphatic carbocycles. The monoisotopic (exact) mass is 377 g/mol. The summed E-state index contributed by atoms with van der Waals surface area (Å²) in [7, 11) is 0. The van der Waals surface area contributed by atoms with Crippen molar-refractivity contribution in [2.24, 2.45) is 0 Å². The molecule has 2 heterocycles. The van der Waals surface area contributed by atoms with Crippen LogP contribution in [-0.4, -0.2) is 31.4 Å². The molecule has 0 fully saturated rings. The zero-order chi connectivity index (χ0) is 17.6. The smallest absolute Gasteiger partial charge is 0.233 e. The quantitative estimate of drug-likeness (QED) is 0.637. The molecule has 0 saturated heterocycles. The van der Waals surface area contributed by atoms with Crippen molar-refractivity contribution in [3.05, 3.63) is 59.0 Å². The number of aromatic nitrogens is 4. The number of amides is 1. The van der Waals surface area contributed by atoms with Crippen molar-refractivity contribution in [3.8, 4) is 0 Å². The van der Waals surface area contributed by atoms with Gasteiger partial charge >= 0.3 is 0 Å². The minimum Gasteiger partial charge on any atom is -0.467 e. The molecule has 2 aromatic heterocycles. The number of thioether (sulfide) groups is 1. The number of halogens is 1. The molecule has 3 rings (SSSR count). The van der Waals surface area contributed by atoms with Crippen molar-refractivity contribution in [2.75, 3.05) is 0 Å². The van der Waals surface area contributed by atoms with E-state index in [1.807, 2.05) is 25.1 Å². The van der Waals surface area contributed by atoms with Gasteiger partial charge in [0.1, 0.15) is 12.3 Å². The third-order valence-electron chi connectivity index (χ3n) is 3.42. The number of nitrogens with one attached hydrogen (secondary N) is 1. The molecule has 1 unspecified atom stereocenters. The summed E-state index contributed by atoms with van der Waals surface area (Å²) >= 11 is 7.15. The van der Waals surface area contributed by atoms with Crippen molar-refractivity contribution < 1.29 is 9.21 Å². The second-order valence-electron chi connectivity index (χ2n) is 5.30. The van der Waals surface area contributed by atoms with Crippen molar-refractivity contribution in [3.63, 3.8) is 0 Å². The van der Waals surface area contributed by atoms with Crippen LogP contribution < -0.4 is 5.32 Å². The number of tetrazole rings is 1. The first-order valence-electron chi connectivity index (χ1n) is 7.59. The van der Waals surface area contributed by atoms with Crippen molar-refractivity contribution in [1.29, 1.82) is 0 Å². The van der Waals surface area contributed by atoms with Crippen LogP contribution in [0.25, 0.3) is 0 Å². The van der Waals surface area contributed by atoms with Gasteiger partial charge in [0, 0.05) is 11.6 Å². The normalized spacial score (nSPS) is 12.1. The predicted molar refractivity (Wildman–Crippen MR) is 94.2 cm³/mol. The van der Waals surface area contributed by atoms with E-state index in [2.05, 4.69) is 20.8 Å². The van der Waals surface area contributed by atoms with Crippen molar-refractivity contribution in [1.82, 2.24) is 25.5 Å². The summed E-state index contributed by atoms with van der Waals surface area (Å²) in [4.78, 5) is 12.3. The van der Waals surface area contributed by atoms with E-state index < -0.39 is 0 Å². The van der Waals surface area contributed by atoms with Gasteiger partial charge in [-0.1, -0.05) is 35.5 Å². The van der Waals surface area contributed by atoms with E-state index in [9.17, 15) is 4.79 Å². The van der Waals surface area contributed by atoms with Gasteiger partial charge in [-0.3, -0.25) is 4.79 Å². The second-order valence-corrected chi connectivity index (χ2v) is 7.05. The Morgan fingerprint density at radius 3 is 2.88 bits per heavy atom. The maximum absolute atomic E-state index is 12.3. The highest BCUT2D eigenvalue weighted by atomic mass is 35.5. The largest absolute Gasteiger partial charge is 0.467 e. The predicted octanol–water partition coefficient (Wildman–Crippen LogP) is 2.76. The van der Waals surface area contributed by atoms with E-state index in [0.717, 1.165) is 11.3 Å². The summed E-state index contributed by atoms with van der Waals surface area (Å²) < 4.78 is 6.90. The number of furan rings is 1. The van der Waals surface area contributed by atoms with Crippen LogP contribution >= 0.6 is 23.4 Å². The van der Waals surface area contributed by atoms with Crippen LogP contribution in [0.15, 0.2) is 52.2 Å². The Bertz CT molecular complexity index is 819. The number of benzene rings is 1. The maximum atomic E-state index is 12.3. The molecule has 0 saturated carbocycles. The minimum absolute atomic E-state index is 0.0903. The molecular formula is C16H16ClN5O2S. The molecule has 1 amide bonds. The molecule has 0 bridgehead atoms. The molecule has 0 aliphatic heterocycles. The number of nitrogens with zero attached hydrogens (tertiary/aromatic N) is 4. The first-order valence-corrected chi connectivity index (χ1v) is 8.85. The Morgan fingerprint density at radius 2 is 2.16 bits per heavy atom. The maximum Gasteiger partial charge on any atom is 0.233 e. The van der Waals surface area contributed by atoms with Gasteiger partial charge in [0.15, 0.2) is 0 Å². The number of carbonyl (C=O) groups excluding carboxylic acids is 1. The van der Waals surface area contributed by atoms with Gasteiger partial charge in [-0.2, -0.15) is 0 Å². The molecule has 0 radical (unpaired) electrons. The summed E-state index contributed by atoms with van der Waals surface area (Å²) in [6.45, 7) is 2.67. The minimum atomic E-state index is -0.339. The second kappa shape index (κ2) is 8.17. The van der Waals surface area contributed by atoms with Gasteiger partial charge in [-0.15, -0.1) is 5.10 Å². The molecule has 130 valence electrons. The van der Waals surface area contributed by atoms with E-state index in [0.29, 0.717) is 23.3 Å². The lowest BCUT2D eigenvalue weighted by molar-refractivity contribution is -0.120. The lowest BCUT2D eigenvalue weighted by Crippen LogP contribution is -2.30. The molecule has 25 heavy (non-hydrogen) atoms. The van der Waals surface area contributed by atoms with Gasteiger partial charge in [-0.25, -0.2) is 4.68 Å². The van der Waals surface area contributed by atoms with Gasteiger partial charge in [0.2, 0.25) is 11.1 Å². The molecule has 0 aliphatic rings. The standard InChI is InChI=1S/C16H16ClN5O2S/c1-11(15(23)18-9-12-4-6-13(17)7-5-12)25-16-19-20-21-22(16)10-14-3-2-8-24-14/h2-8,11H,9-10H2,1H3,(H,18,23). The van der Waals surface area contributed by atoms with Crippen LogP contribution in [0.4, 0.5) is 0 Å². The zero-order valence-corrected chi connectivity index (χ0v) is 15.0. The average Bonchev–Trinajstić information content (AvgIpc) is 3.27. The third kappa shape index (κ3) is 4.83.